The van der Waals surface area contributed by atoms with Gasteiger partial charge in [-0.05, 0) is 13.1 Å². The number of imidazole rings is 1. The molecule has 4 heteroatoms. The van der Waals surface area contributed by atoms with Crippen molar-refractivity contribution >= 4 is 0 Å². The quantitative estimate of drug-likeness (QED) is 0.837. The topological polar surface area (TPSA) is 44.9 Å². The minimum absolute atomic E-state index is 0.250. The predicted molar refractivity (Wildman–Crippen MR) is 79.9 cm³/mol. The standard InChI is InChI=1S/C16H20N4/c1-4-20(5-2)14(11-17)15-12-18-16(19(15)3)13-9-7-6-8-10-13/h6-10,12,14H,4-5H2,1-3H3. The molecule has 1 atom stereocenters. The van der Waals surface area contributed by atoms with E-state index in [0.29, 0.717) is 0 Å². The van der Waals surface area contributed by atoms with Crippen LogP contribution in [0.1, 0.15) is 25.6 Å². The number of nitriles is 1. The van der Waals surface area contributed by atoms with E-state index in [4.69, 9.17) is 0 Å². The van der Waals surface area contributed by atoms with Gasteiger partial charge in [0.05, 0.1) is 18.0 Å². The number of hydrogen-bond donors (Lipinski definition) is 0. The van der Waals surface area contributed by atoms with E-state index in [1.165, 1.54) is 0 Å². The fourth-order valence-corrected chi connectivity index (χ4v) is 2.46. The molecule has 2 aromatic rings. The summed E-state index contributed by atoms with van der Waals surface area (Å²) in [6, 6.07) is 12.2. The Morgan fingerprint density at radius 3 is 2.45 bits per heavy atom. The maximum absolute atomic E-state index is 9.48. The van der Waals surface area contributed by atoms with Gasteiger partial charge in [-0.15, -0.1) is 0 Å². The molecule has 1 aromatic carbocycles. The minimum Gasteiger partial charge on any atom is -0.329 e. The van der Waals surface area contributed by atoms with Crippen molar-refractivity contribution in [3.8, 4) is 17.5 Å². The van der Waals surface area contributed by atoms with Gasteiger partial charge in [0, 0.05) is 12.6 Å². The molecule has 0 radical (unpaired) electrons. The molecule has 2 rings (SSSR count). The Balaban J connectivity index is 2.40. The highest BCUT2D eigenvalue weighted by Gasteiger charge is 2.22. The van der Waals surface area contributed by atoms with Crippen LogP contribution in [0.4, 0.5) is 0 Å². The summed E-state index contributed by atoms with van der Waals surface area (Å²) >= 11 is 0. The highest BCUT2D eigenvalue weighted by Crippen LogP contribution is 2.24. The van der Waals surface area contributed by atoms with Gasteiger partial charge in [-0.2, -0.15) is 5.26 Å². The van der Waals surface area contributed by atoms with Crippen LogP contribution in [-0.2, 0) is 7.05 Å². The van der Waals surface area contributed by atoms with E-state index in [-0.39, 0.29) is 6.04 Å². The minimum atomic E-state index is -0.250. The molecule has 0 bridgehead atoms. The lowest BCUT2D eigenvalue weighted by Gasteiger charge is -2.24. The van der Waals surface area contributed by atoms with Crippen molar-refractivity contribution in [2.75, 3.05) is 13.1 Å². The number of rotatable bonds is 5. The van der Waals surface area contributed by atoms with Gasteiger partial charge < -0.3 is 4.57 Å². The summed E-state index contributed by atoms with van der Waals surface area (Å²) in [7, 11) is 1.97. The molecule has 0 aliphatic rings. The third-order valence-corrected chi connectivity index (χ3v) is 3.64. The Morgan fingerprint density at radius 2 is 1.90 bits per heavy atom. The molecule has 20 heavy (non-hydrogen) atoms. The van der Waals surface area contributed by atoms with Crippen LogP contribution in [0.3, 0.4) is 0 Å². The lowest BCUT2D eigenvalue weighted by atomic mass is 10.2. The zero-order valence-corrected chi connectivity index (χ0v) is 12.2. The van der Waals surface area contributed by atoms with E-state index in [1.54, 1.807) is 0 Å². The molecular weight excluding hydrogens is 248 g/mol. The van der Waals surface area contributed by atoms with E-state index in [9.17, 15) is 5.26 Å². The molecule has 0 fully saturated rings. The van der Waals surface area contributed by atoms with Crippen molar-refractivity contribution in [1.82, 2.24) is 14.5 Å². The smallest absolute Gasteiger partial charge is 0.140 e. The number of benzene rings is 1. The fourth-order valence-electron chi connectivity index (χ4n) is 2.46. The first-order valence-electron chi connectivity index (χ1n) is 6.93. The summed E-state index contributed by atoms with van der Waals surface area (Å²) in [6.45, 7) is 5.84. The number of aromatic nitrogens is 2. The molecule has 104 valence electrons. The second-order valence-electron chi connectivity index (χ2n) is 4.68. The molecule has 0 N–H and O–H groups in total. The first-order valence-corrected chi connectivity index (χ1v) is 6.93. The first kappa shape index (κ1) is 14.3. The third kappa shape index (κ3) is 2.59. The molecule has 0 aliphatic heterocycles. The van der Waals surface area contributed by atoms with Crippen LogP contribution in [0.2, 0.25) is 0 Å². The molecule has 0 saturated heterocycles. The van der Waals surface area contributed by atoms with Gasteiger partial charge in [-0.25, -0.2) is 4.98 Å². The van der Waals surface area contributed by atoms with Crippen molar-refractivity contribution in [2.45, 2.75) is 19.9 Å². The molecule has 0 aliphatic carbocycles. The summed E-state index contributed by atoms with van der Waals surface area (Å²) in [5, 5.41) is 9.48. The monoisotopic (exact) mass is 268 g/mol. The summed E-state index contributed by atoms with van der Waals surface area (Å²) in [5.41, 5.74) is 2.01. The van der Waals surface area contributed by atoms with Gasteiger partial charge in [-0.1, -0.05) is 44.2 Å². The average molecular weight is 268 g/mol. The summed E-state index contributed by atoms with van der Waals surface area (Å²) in [4.78, 5) is 6.62. The third-order valence-electron chi connectivity index (χ3n) is 3.64. The largest absolute Gasteiger partial charge is 0.329 e. The lowest BCUT2D eigenvalue weighted by molar-refractivity contribution is 0.255. The Bertz CT molecular complexity index is 591. The van der Waals surface area contributed by atoms with Crippen LogP contribution in [-0.4, -0.2) is 27.5 Å². The van der Waals surface area contributed by atoms with Gasteiger partial charge in [0.1, 0.15) is 11.9 Å². The van der Waals surface area contributed by atoms with Crippen LogP contribution in [0.5, 0.6) is 0 Å². The Morgan fingerprint density at radius 1 is 1.25 bits per heavy atom. The van der Waals surface area contributed by atoms with Crippen LogP contribution >= 0.6 is 0 Å². The van der Waals surface area contributed by atoms with Gasteiger partial charge in [0.2, 0.25) is 0 Å². The maximum atomic E-state index is 9.48. The van der Waals surface area contributed by atoms with E-state index in [1.807, 2.05) is 48.1 Å². The zero-order chi connectivity index (χ0) is 14.5. The average Bonchev–Trinajstić information content (AvgIpc) is 2.87. The Labute approximate surface area is 120 Å². The van der Waals surface area contributed by atoms with Gasteiger partial charge in [0.15, 0.2) is 0 Å². The van der Waals surface area contributed by atoms with Crippen molar-refractivity contribution < 1.29 is 0 Å². The highest BCUT2D eigenvalue weighted by molar-refractivity contribution is 5.56. The summed E-state index contributed by atoms with van der Waals surface area (Å²) < 4.78 is 2.02. The number of nitrogens with zero attached hydrogens (tertiary/aromatic N) is 4. The zero-order valence-electron chi connectivity index (χ0n) is 12.2. The van der Waals surface area contributed by atoms with E-state index in [0.717, 1.165) is 30.2 Å². The van der Waals surface area contributed by atoms with Crippen LogP contribution in [0.25, 0.3) is 11.4 Å². The lowest BCUT2D eigenvalue weighted by Crippen LogP contribution is -2.28. The number of hydrogen-bond acceptors (Lipinski definition) is 3. The molecule has 1 unspecified atom stereocenters. The Hall–Kier alpha value is -2.12. The van der Waals surface area contributed by atoms with E-state index in [2.05, 4.69) is 29.8 Å². The molecule has 1 aromatic heterocycles. The molecule has 0 saturated carbocycles. The van der Waals surface area contributed by atoms with Gasteiger partial charge >= 0.3 is 0 Å². The molecule has 4 nitrogen and oxygen atoms in total. The second kappa shape index (κ2) is 6.36. The van der Waals surface area contributed by atoms with Crippen LogP contribution in [0.15, 0.2) is 36.5 Å². The van der Waals surface area contributed by atoms with Gasteiger partial charge in [-0.3, -0.25) is 4.90 Å². The van der Waals surface area contributed by atoms with Gasteiger partial charge in [0.25, 0.3) is 0 Å². The SMILES string of the molecule is CCN(CC)C(C#N)c1cnc(-c2ccccc2)n1C. The Kier molecular flexibility index (Phi) is 4.54. The summed E-state index contributed by atoms with van der Waals surface area (Å²) in [6.07, 6.45) is 1.81. The first-order chi connectivity index (χ1) is 9.72. The summed E-state index contributed by atoms with van der Waals surface area (Å²) in [5.74, 6) is 0.896. The van der Waals surface area contributed by atoms with Crippen LogP contribution in [0, 0.1) is 11.3 Å². The second-order valence-corrected chi connectivity index (χ2v) is 4.68. The van der Waals surface area contributed by atoms with E-state index >= 15 is 0 Å². The molecule has 1 heterocycles. The van der Waals surface area contributed by atoms with Crippen molar-refractivity contribution in [2.24, 2.45) is 7.05 Å². The predicted octanol–water partition coefficient (Wildman–Crippen LogP) is 2.99. The molecular formula is C16H20N4. The van der Waals surface area contributed by atoms with E-state index < -0.39 is 0 Å². The molecule has 0 spiro atoms. The van der Waals surface area contributed by atoms with Crippen LogP contribution < -0.4 is 0 Å². The van der Waals surface area contributed by atoms with Crippen molar-refractivity contribution in [3.05, 3.63) is 42.2 Å². The highest BCUT2D eigenvalue weighted by atomic mass is 15.2. The van der Waals surface area contributed by atoms with Crippen molar-refractivity contribution in [3.63, 3.8) is 0 Å². The van der Waals surface area contributed by atoms with Crippen molar-refractivity contribution in [1.29, 1.82) is 5.26 Å². The maximum Gasteiger partial charge on any atom is 0.140 e. The fraction of sp³-hybridized carbons (Fsp3) is 0.375. The molecule has 0 amide bonds. The normalized spacial score (nSPS) is 12.3.